The predicted octanol–water partition coefficient (Wildman–Crippen LogP) is 3.29. The van der Waals surface area contributed by atoms with Crippen molar-refractivity contribution in [3.05, 3.63) is 72.2 Å². The van der Waals surface area contributed by atoms with E-state index < -0.39 is 0 Å². The number of benzene rings is 2. The third kappa shape index (κ3) is 3.00. The minimum absolute atomic E-state index is 0.665. The van der Waals surface area contributed by atoms with Gasteiger partial charge in [0.25, 0.3) is 0 Å². The first-order valence-electron chi connectivity index (χ1n) is 10.9. The lowest BCUT2D eigenvalue weighted by Crippen LogP contribution is -2.50. The Morgan fingerprint density at radius 3 is 2.72 bits per heavy atom. The molecular formula is C25H23N7. The van der Waals surface area contributed by atoms with Gasteiger partial charge in [-0.25, -0.2) is 0 Å². The van der Waals surface area contributed by atoms with Gasteiger partial charge >= 0.3 is 0 Å². The zero-order valence-electron chi connectivity index (χ0n) is 17.9. The highest BCUT2D eigenvalue weighted by Crippen LogP contribution is 2.35. The number of hydrogen-bond donors (Lipinski definition) is 1. The van der Waals surface area contributed by atoms with Gasteiger partial charge in [-0.2, -0.15) is 5.26 Å². The Hall–Kier alpha value is -3.89. The number of nitriles is 1. The molecule has 2 aromatic heterocycles. The van der Waals surface area contributed by atoms with Crippen LogP contribution in [0.3, 0.4) is 0 Å². The molecule has 0 spiro atoms. The maximum atomic E-state index is 9.09. The first kappa shape index (κ1) is 18.8. The molecule has 0 unspecified atom stereocenters. The lowest BCUT2D eigenvalue weighted by atomic mass is 9.98. The minimum atomic E-state index is 0.665. The van der Waals surface area contributed by atoms with E-state index in [2.05, 4.69) is 66.1 Å². The van der Waals surface area contributed by atoms with E-state index in [4.69, 9.17) is 5.26 Å². The Kier molecular flexibility index (Phi) is 4.33. The van der Waals surface area contributed by atoms with Crippen LogP contribution >= 0.6 is 0 Å². The summed E-state index contributed by atoms with van der Waals surface area (Å²) in [6, 6.07) is 18.8. The van der Waals surface area contributed by atoms with Gasteiger partial charge in [0.1, 0.15) is 6.33 Å². The number of fused-ring (bicyclic) bond motifs is 5. The van der Waals surface area contributed by atoms with Crippen LogP contribution in [0.5, 0.6) is 0 Å². The second-order valence-corrected chi connectivity index (χ2v) is 8.60. The van der Waals surface area contributed by atoms with Crippen molar-refractivity contribution in [2.24, 2.45) is 5.92 Å². The maximum Gasteiger partial charge on any atom is 0.185 e. The van der Waals surface area contributed by atoms with E-state index in [1.807, 2.05) is 31.3 Å². The number of rotatable bonds is 4. The molecule has 32 heavy (non-hydrogen) atoms. The van der Waals surface area contributed by atoms with E-state index in [1.54, 1.807) is 6.33 Å². The Labute approximate surface area is 186 Å². The lowest BCUT2D eigenvalue weighted by Gasteiger charge is -2.41. The Balaban J connectivity index is 1.38. The molecular weight excluding hydrogens is 398 g/mol. The van der Waals surface area contributed by atoms with Crippen LogP contribution in [-0.2, 0) is 6.54 Å². The van der Waals surface area contributed by atoms with E-state index in [9.17, 15) is 0 Å². The van der Waals surface area contributed by atoms with Gasteiger partial charge in [0.15, 0.2) is 5.82 Å². The molecule has 2 aromatic carbocycles. The highest BCUT2D eigenvalue weighted by atomic mass is 15.3. The summed E-state index contributed by atoms with van der Waals surface area (Å²) in [6.45, 7) is 4.02. The predicted molar refractivity (Wildman–Crippen MR) is 124 cm³/mol. The molecule has 1 saturated heterocycles. The normalized spacial score (nSPS) is 14.7. The molecule has 4 aromatic rings. The molecule has 4 heterocycles. The first-order valence-corrected chi connectivity index (χ1v) is 10.9. The van der Waals surface area contributed by atoms with Crippen molar-refractivity contribution in [3.8, 4) is 34.4 Å². The molecule has 2 aliphatic rings. The number of hydrogen-bond acceptors (Lipinski definition) is 5. The first-order chi connectivity index (χ1) is 15.7. The maximum absolute atomic E-state index is 9.09. The molecule has 6 rings (SSSR count). The molecule has 0 aliphatic carbocycles. The highest BCUT2D eigenvalue weighted by Gasteiger charge is 2.28. The average molecular weight is 422 g/mol. The van der Waals surface area contributed by atoms with Crippen molar-refractivity contribution < 1.29 is 0 Å². The quantitative estimate of drug-likeness (QED) is 0.482. The molecule has 1 fully saturated rings. The summed E-state index contributed by atoms with van der Waals surface area (Å²) < 4.78 is 4.34. The Bertz CT molecular complexity index is 1330. The minimum Gasteiger partial charge on any atom is -0.371 e. The molecule has 7 heteroatoms. The van der Waals surface area contributed by atoms with Crippen molar-refractivity contribution in [1.82, 2.24) is 24.6 Å². The zero-order chi connectivity index (χ0) is 21.7. The topological polar surface area (TPSA) is 74.7 Å². The van der Waals surface area contributed by atoms with Crippen molar-refractivity contribution in [3.63, 3.8) is 0 Å². The van der Waals surface area contributed by atoms with Crippen molar-refractivity contribution in [2.45, 2.75) is 6.54 Å². The number of aromatic nitrogens is 4. The molecule has 0 amide bonds. The van der Waals surface area contributed by atoms with Gasteiger partial charge < -0.3 is 14.8 Å². The molecule has 0 saturated carbocycles. The standard InChI is InChI=1S/C25H23N7/c1-27-11-18-12-30(13-18)22-6-7-23-21(8-22)15-31-14-20(19-4-2-17(10-26)3-5-19)9-24(31)25-29-28-16-32(23)25/h2-9,14,16,18,27H,11-13,15H2,1H3. The van der Waals surface area contributed by atoms with Gasteiger partial charge in [0, 0.05) is 49.5 Å². The van der Waals surface area contributed by atoms with Crippen molar-refractivity contribution >= 4 is 5.69 Å². The summed E-state index contributed by atoms with van der Waals surface area (Å²) in [5.41, 5.74) is 7.55. The Morgan fingerprint density at radius 1 is 1.09 bits per heavy atom. The molecule has 0 bridgehead atoms. The van der Waals surface area contributed by atoms with Crippen LogP contribution in [0.15, 0.2) is 61.1 Å². The smallest absolute Gasteiger partial charge is 0.185 e. The fourth-order valence-corrected chi connectivity index (χ4v) is 4.82. The summed E-state index contributed by atoms with van der Waals surface area (Å²) in [4.78, 5) is 2.44. The summed E-state index contributed by atoms with van der Waals surface area (Å²) in [5.74, 6) is 1.56. The van der Waals surface area contributed by atoms with Crippen LogP contribution in [-0.4, -0.2) is 46.0 Å². The largest absolute Gasteiger partial charge is 0.371 e. The van der Waals surface area contributed by atoms with Crippen LogP contribution in [0.25, 0.3) is 28.3 Å². The fraction of sp³-hybridized carbons (Fsp3) is 0.240. The number of nitrogens with zero attached hydrogens (tertiary/aromatic N) is 6. The van der Waals surface area contributed by atoms with E-state index in [-0.39, 0.29) is 0 Å². The third-order valence-corrected chi connectivity index (χ3v) is 6.50. The summed E-state index contributed by atoms with van der Waals surface area (Å²) >= 11 is 0. The summed E-state index contributed by atoms with van der Waals surface area (Å²) in [7, 11) is 2.02. The van der Waals surface area contributed by atoms with E-state index >= 15 is 0 Å². The molecule has 0 atom stereocenters. The lowest BCUT2D eigenvalue weighted by molar-refractivity contribution is 0.397. The third-order valence-electron chi connectivity index (χ3n) is 6.50. The molecule has 2 aliphatic heterocycles. The zero-order valence-corrected chi connectivity index (χ0v) is 17.9. The summed E-state index contributed by atoms with van der Waals surface area (Å²) in [5, 5.41) is 21.0. The van der Waals surface area contributed by atoms with Crippen LogP contribution in [0, 0.1) is 17.2 Å². The number of anilines is 1. The van der Waals surface area contributed by atoms with Gasteiger partial charge in [0.05, 0.1) is 23.0 Å². The van der Waals surface area contributed by atoms with Crippen molar-refractivity contribution in [2.75, 3.05) is 31.6 Å². The monoisotopic (exact) mass is 421 g/mol. The second kappa shape index (κ2) is 7.36. The highest BCUT2D eigenvalue weighted by molar-refractivity contribution is 5.72. The van der Waals surface area contributed by atoms with Crippen LogP contribution in [0.4, 0.5) is 5.69 Å². The van der Waals surface area contributed by atoms with Gasteiger partial charge in [-0.1, -0.05) is 12.1 Å². The van der Waals surface area contributed by atoms with E-state index in [0.717, 1.165) is 54.5 Å². The molecule has 7 nitrogen and oxygen atoms in total. The Morgan fingerprint density at radius 2 is 1.94 bits per heavy atom. The van der Waals surface area contributed by atoms with Gasteiger partial charge in [-0.15, -0.1) is 10.2 Å². The SMILES string of the molecule is CNCC1CN(c2ccc3c(c2)Cn2cc(-c4ccc(C#N)cc4)cc2-c2nncn2-3)C1. The van der Waals surface area contributed by atoms with Crippen LogP contribution in [0.1, 0.15) is 11.1 Å². The second-order valence-electron chi connectivity index (χ2n) is 8.60. The molecule has 0 radical (unpaired) electrons. The van der Waals surface area contributed by atoms with E-state index in [0.29, 0.717) is 11.5 Å². The molecule has 1 N–H and O–H groups in total. The van der Waals surface area contributed by atoms with Crippen molar-refractivity contribution in [1.29, 1.82) is 5.26 Å². The van der Waals surface area contributed by atoms with Gasteiger partial charge in [0.2, 0.25) is 0 Å². The fourth-order valence-electron chi connectivity index (χ4n) is 4.82. The molecule has 158 valence electrons. The van der Waals surface area contributed by atoms with E-state index in [1.165, 1.54) is 11.3 Å². The van der Waals surface area contributed by atoms with Crippen LogP contribution in [0.2, 0.25) is 0 Å². The van der Waals surface area contributed by atoms with Crippen LogP contribution < -0.4 is 10.2 Å². The summed E-state index contributed by atoms with van der Waals surface area (Å²) in [6.07, 6.45) is 3.97. The average Bonchev–Trinajstić information content (AvgIpc) is 3.41. The van der Waals surface area contributed by atoms with Gasteiger partial charge in [-0.05, 0) is 54.6 Å². The van der Waals surface area contributed by atoms with Gasteiger partial charge in [-0.3, -0.25) is 4.57 Å². The number of nitrogens with one attached hydrogen (secondary N) is 1.